The number of hydrogen-bond acceptors (Lipinski definition) is 6. The van der Waals surface area contributed by atoms with Crippen molar-refractivity contribution in [1.82, 2.24) is 10.3 Å². The van der Waals surface area contributed by atoms with Crippen LogP contribution in [-0.2, 0) is 4.74 Å². The van der Waals surface area contributed by atoms with Crippen LogP contribution < -0.4 is 15.0 Å². The van der Waals surface area contributed by atoms with Crippen LogP contribution in [0.3, 0.4) is 0 Å². The molecule has 41 heavy (non-hydrogen) atoms. The van der Waals surface area contributed by atoms with Gasteiger partial charge in [-0.1, -0.05) is 12.1 Å². The van der Waals surface area contributed by atoms with Gasteiger partial charge in [-0.15, -0.1) is 12.4 Å². The second kappa shape index (κ2) is 12.8. The molecule has 1 unspecified atom stereocenters. The molecule has 0 radical (unpaired) electrons. The van der Waals surface area contributed by atoms with E-state index in [0.29, 0.717) is 23.9 Å². The van der Waals surface area contributed by atoms with E-state index >= 15 is 0 Å². The monoisotopic (exact) mass is 621 g/mol. The first-order chi connectivity index (χ1) is 18.4. The first kappa shape index (κ1) is 34.0. The maximum Gasteiger partial charge on any atom is 0.435 e. The van der Waals surface area contributed by atoms with Gasteiger partial charge in [-0.2, -0.15) is 39.5 Å². The molecule has 0 aliphatic heterocycles. The lowest BCUT2D eigenvalue weighted by molar-refractivity contribution is -0.465. The maximum atomic E-state index is 13.0. The van der Waals surface area contributed by atoms with E-state index in [2.05, 4.69) is 9.72 Å². The number of aromatic nitrogens is 1. The second-order valence-corrected chi connectivity index (χ2v) is 8.74. The van der Waals surface area contributed by atoms with Crippen LogP contribution in [-0.4, -0.2) is 62.6 Å². The van der Waals surface area contributed by atoms with Crippen LogP contribution in [0.25, 0.3) is 23.3 Å². The molecule has 0 saturated carbocycles. The Morgan fingerprint density at radius 2 is 1.49 bits per heavy atom. The van der Waals surface area contributed by atoms with Crippen LogP contribution in [0.5, 0.6) is 5.75 Å². The van der Waals surface area contributed by atoms with Crippen molar-refractivity contribution in [1.29, 1.82) is 0 Å². The zero-order valence-electron chi connectivity index (χ0n) is 21.6. The van der Waals surface area contributed by atoms with Crippen LogP contribution in [0.15, 0.2) is 46.9 Å². The first-order valence-electron chi connectivity index (χ1n) is 11.5. The van der Waals surface area contributed by atoms with Gasteiger partial charge in [0.2, 0.25) is 5.89 Å². The lowest BCUT2D eigenvalue weighted by Crippen LogP contribution is -2.69. The van der Waals surface area contributed by atoms with Gasteiger partial charge in [0.15, 0.2) is 5.58 Å². The summed E-state index contributed by atoms with van der Waals surface area (Å²) in [6, 6.07) is 12.2. The van der Waals surface area contributed by atoms with Crippen molar-refractivity contribution in [2.75, 3.05) is 32.1 Å². The zero-order chi connectivity index (χ0) is 29.9. The van der Waals surface area contributed by atoms with Gasteiger partial charge in [-0.3, -0.25) is 5.32 Å². The van der Waals surface area contributed by atoms with E-state index < -0.39 is 36.9 Å². The number of halogens is 10. The number of hydrogen-bond donors (Lipinski definition) is 1. The summed E-state index contributed by atoms with van der Waals surface area (Å²) < 4.78 is 132. The van der Waals surface area contributed by atoms with Crippen LogP contribution in [0.4, 0.5) is 45.2 Å². The Morgan fingerprint density at radius 1 is 0.902 bits per heavy atom. The van der Waals surface area contributed by atoms with Gasteiger partial charge in [0.05, 0.1) is 0 Å². The highest BCUT2D eigenvalue weighted by atomic mass is 35.5. The Hall–Kier alpha value is -3.17. The summed E-state index contributed by atoms with van der Waals surface area (Å²) in [7, 11) is 3.84. The summed E-state index contributed by atoms with van der Waals surface area (Å²) in [5.41, 5.74) is -3.62. The van der Waals surface area contributed by atoms with E-state index in [4.69, 9.17) is 9.15 Å². The molecular formula is C25H25ClF9N3O3. The molecule has 2 aromatic carbocycles. The predicted octanol–water partition coefficient (Wildman–Crippen LogP) is 7.24. The van der Waals surface area contributed by atoms with Crippen LogP contribution in [0.1, 0.15) is 18.4 Å². The van der Waals surface area contributed by atoms with Gasteiger partial charge in [0, 0.05) is 38.5 Å². The van der Waals surface area contributed by atoms with Crippen LogP contribution >= 0.6 is 12.4 Å². The molecule has 3 aromatic rings. The van der Waals surface area contributed by atoms with Crippen molar-refractivity contribution < 1.29 is 53.4 Å². The molecule has 16 heteroatoms. The number of nitrogens with one attached hydrogen (secondary N) is 1. The Morgan fingerprint density at radius 3 is 2.02 bits per heavy atom. The number of alkyl halides is 9. The summed E-state index contributed by atoms with van der Waals surface area (Å²) in [5, 5.41) is 2.01. The van der Waals surface area contributed by atoms with Crippen molar-refractivity contribution in [3.8, 4) is 5.75 Å². The molecule has 0 spiro atoms. The number of anilines is 1. The number of oxazole rings is 1. The van der Waals surface area contributed by atoms with E-state index in [1.807, 2.05) is 48.6 Å². The van der Waals surface area contributed by atoms with Crippen molar-refractivity contribution in [2.24, 2.45) is 0 Å². The molecule has 0 aliphatic carbocycles. The lowest BCUT2D eigenvalue weighted by Gasteiger charge is -2.39. The lowest BCUT2D eigenvalue weighted by atomic mass is 10.0. The summed E-state index contributed by atoms with van der Waals surface area (Å²) in [6.45, 7) is -0.190. The summed E-state index contributed by atoms with van der Waals surface area (Å²) in [6.07, 6.45) is -19.3. The fraction of sp³-hybridized carbons (Fsp3) is 0.400. The van der Waals surface area contributed by atoms with Gasteiger partial charge in [-0.05, 0) is 42.8 Å². The average molecular weight is 622 g/mol. The van der Waals surface area contributed by atoms with Gasteiger partial charge in [0.25, 0.3) is 0 Å². The number of ether oxygens (including phenoxy) is 2. The zero-order valence-corrected chi connectivity index (χ0v) is 22.4. The third kappa shape index (κ3) is 7.77. The predicted molar refractivity (Wildman–Crippen MR) is 136 cm³/mol. The highest BCUT2D eigenvalue weighted by Crippen LogP contribution is 2.55. The molecule has 0 fully saturated rings. The minimum absolute atomic E-state index is 0. The Bertz CT molecular complexity index is 1270. The summed E-state index contributed by atoms with van der Waals surface area (Å²) >= 11 is 0. The molecule has 6 nitrogen and oxygen atoms in total. The highest BCUT2D eigenvalue weighted by Gasteiger charge is 2.85. The van der Waals surface area contributed by atoms with Crippen molar-refractivity contribution in [2.45, 2.75) is 37.3 Å². The highest BCUT2D eigenvalue weighted by molar-refractivity contribution is 5.85. The number of benzene rings is 2. The molecule has 228 valence electrons. The topological polar surface area (TPSA) is 59.8 Å². The van der Waals surface area contributed by atoms with Gasteiger partial charge < -0.3 is 18.8 Å². The molecule has 1 N–H and O–H groups in total. The quantitative estimate of drug-likeness (QED) is 0.146. The number of fused-ring (bicyclic) bond motifs is 1. The molecule has 1 heterocycles. The van der Waals surface area contributed by atoms with Gasteiger partial charge in [-0.25, -0.2) is 4.98 Å². The molecule has 3 rings (SSSR count). The van der Waals surface area contributed by atoms with E-state index in [-0.39, 0.29) is 24.8 Å². The molecule has 0 bridgehead atoms. The first-order valence-corrected chi connectivity index (χ1v) is 11.5. The Balaban J connectivity index is 0.00000588. The van der Waals surface area contributed by atoms with Crippen molar-refractivity contribution in [3.63, 3.8) is 0 Å². The normalized spacial score (nSPS) is 13.9. The molecule has 0 saturated heterocycles. The summed E-state index contributed by atoms with van der Waals surface area (Å²) in [5.74, 6) is 0.503. The van der Waals surface area contributed by atoms with Crippen LogP contribution in [0.2, 0.25) is 0 Å². The number of rotatable bonds is 10. The van der Waals surface area contributed by atoms with Crippen molar-refractivity contribution >= 4 is 41.3 Å². The SMILES string of the molecule is CC(NCCOc1ccc2nc(/C=C/c3ccc(N(C)C)cc3)oc2c1)OC(C(F)(F)F)(C(F)(F)F)C(F)(F)F.Cl. The van der Waals surface area contributed by atoms with E-state index in [9.17, 15) is 39.5 Å². The standard InChI is InChI=1S/C25H24F9N3O3.ClH/c1-15(40-22(23(26,27)28,24(29,30)31)25(32,33)34)35-12-13-38-18-9-10-19-20(14-18)39-21(36-19)11-6-16-4-7-17(8-5-16)37(2)3;/h4-11,14-15,35H,12-13H2,1-3H3;1H/b11-6+;. The molecule has 1 atom stereocenters. The smallest absolute Gasteiger partial charge is 0.435 e. The minimum atomic E-state index is -6.81. The average Bonchev–Trinajstić information content (AvgIpc) is 3.24. The van der Waals surface area contributed by atoms with E-state index in [1.165, 1.54) is 12.1 Å². The second-order valence-electron chi connectivity index (χ2n) is 8.74. The van der Waals surface area contributed by atoms with Crippen molar-refractivity contribution in [3.05, 3.63) is 53.9 Å². The third-order valence-electron chi connectivity index (χ3n) is 5.56. The molecular weight excluding hydrogens is 597 g/mol. The summed E-state index contributed by atoms with van der Waals surface area (Å²) in [4.78, 5) is 6.26. The molecule has 1 aromatic heterocycles. The fourth-order valence-corrected chi connectivity index (χ4v) is 3.56. The van der Waals surface area contributed by atoms with E-state index in [1.54, 1.807) is 18.2 Å². The largest absolute Gasteiger partial charge is 0.492 e. The van der Waals surface area contributed by atoms with E-state index in [0.717, 1.165) is 11.3 Å². The molecule has 0 amide bonds. The Labute approximate surface area is 234 Å². The van der Waals surface area contributed by atoms with Crippen LogP contribution in [0, 0.1) is 0 Å². The number of nitrogens with zero attached hydrogens (tertiary/aromatic N) is 2. The maximum absolute atomic E-state index is 13.0. The van der Waals surface area contributed by atoms with Gasteiger partial charge >= 0.3 is 24.1 Å². The third-order valence-corrected chi connectivity index (χ3v) is 5.56. The van der Waals surface area contributed by atoms with Gasteiger partial charge in [0.1, 0.15) is 24.1 Å². The fourth-order valence-electron chi connectivity index (χ4n) is 3.56. The minimum Gasteiger partial charge on any atom is -0.492 e. The molecule has 0 aliphatic rings. The Kier molecular flexibility index (Phi) is 10.6.